The Morgan fingerprint density at radius 2 is 2.06 bits per heavy atom. The molecule has 0 saturated heterocycles. The predicted molar refractivity (Wildman–Crippen MR) is 63.5 cm³/mol. The molecule has 1 aliphatic rings. The Hall–Kier alpha value is -0.660. The lowest BCUT2D eigenvalue weighted by atomic mass is 10.2. The molecule has 0 aromatic heterocycles. The van der Waals surface area contributed by atoms with E-state index in [0.29, 0.717) is 6.54 Å². The summed E-state index contributed by atoms with van der Waals surface area (Å²) in [5.74, 6) is -0.117. The standard InChI is InChI=1S/C9H20N4O2S/c1-2-12-16(14,15)13(7-9(10)11)8-5-3-4-6-8/h8,12H,2-7H2,1H3,(H3,10,11). The van der Waals surface area contributed by atoms with Gasteiger partial charge in [0, 0.05) is 12.6 Å². The molecule has 4 N–H and O–H groups in total. The van der Waals surface area contributed by atoms with Crippen LogP contribution in [-0.4, -0.2) is 37.7 Å². The molecule has 1 rings (SSSR count). The second kappa shape index (κ2) is 5.60. The van der Waals surface area contributed by atoms with E-state index in [4.69, 9.17) is 11.1 Å². The number of nitrogens with two attached hydrogens (primary N) is 1. The van der Waals surface area contributed by atoms with Gasteiger partial charge in [-0.15, -0.1) is 0 Å². The van der Waals surface area contributed by atoms with E-state index < -0.39 is 10.2 Å². The van der Waals surface area contributed by atoms with Crippen LogP contribution in [0, 0.1) is 5.41 Å². The molecule has 1 fully saturated rings. The van der Waals surface area contributed by atoms with Crippen molar-refractivity contribution in [3.63, 3.8) is 0 Å². The van der Waals surface area contributed by atoms with Gasteiger partial charge in [-0.25, -0.2) is 4.72 Å². The van der Waals surface area contributed by atoms with Crippen molar-refractivity contribution in [2.24, 2.45) is 5.73 Å². The van der Waals surface area contributed by atoms with Crippen LogP contribution >= 0.6 is 0 Å². The quantitative estimate of drug-likeness (QED) is 0.456. The zero-order chi connectivity index (χ0) is 12.2. The van der Waals surface area contributed by atoms with Gasteiger partial charge >= 0.3 is 0 Å². The fourth-order valence-corrected chi connectivity index (χ4v) is 3.48. The van der Waals surface area contributed by atoms with E-state index in [9.17, 15) is 8.42 Å². The Labute approximate surface area is 96.9 Å². The molecule has 0 aromatic rings. The van der Waals surface area contributed by atoms with Crippen LogP contribution in [0.5, 0.6) is 0 Å². The number of nitrogens with zero attached hydrogens (tertiary/aromatic N) is 1. The molecule has 1 aliphatic carbocycles. The van der Waals surface area contributed by atoms with Gasteiger partial charge in [-0.1, -0.05) is 19.8 Å². The summed E-state index contributed by atoms with van der Waals surface area (Å²) in [5, 5.41) is 7.24. The molecule has 16 heavy (non-hydrogen) atoms. The van der Waals surface area contributed by atoms with Gasteiger partial charge in [-0.3, -0.25) is 5.41 Å². The van der Waals surface area contributed by atoms with Crippen molar-refractivity contribution in [3.8, 4) is 0 Å². The third kappa shape index (κ3) is 3.43. The number of hydrogen-bond acceptors (Lipinski definition) is 3. The molecule has 0 heterocycles. The number of amidine groups is 1. The van der Waals surface area contributed by atoms with Crippen LogP contribution in [0.3, 0.4) is 0 Å². The SMILES string of the molecule is CCNS(=O)(=O)N(CC(=N)N)C1CCCC1. The summed E-state index contributed by atoms with van der Waals surface area (Å²) in [4.78, 5) is 0. The van der Waals surface area contributed by atoms with Gasteiger partial charge in [0.2, 0.25) is 0 Å². The van der Waals surface area contributed by atoms with Crippen LogP contribution < -0.4 is 10.5 Å². The fourth-order valence-electron chi connectivity index (χ4n) is 2.04. The van der Waals surface area contributed by atoms with Crippen molar-refractivity contribution in [2.75, 3.05) is 13.1 Å². The maximum atomic E-state index is 11.9. The highest BCUT2D eigenvalue weighted by molar-refractivity contribution is 7.87. The van der Waals surface area contributed by atoms with Gasteiger partial charge in [0.05, 0.1) is 6.54 Å². The molecule has 0 amide bonds. The van der Waals surface area contributed by atoms with Crippen molar-refractivity contribution in [1.82, 2.24) is 9.03 Å². The first kappa shape index (κ1) is 13.4. The summed E-state index contributed by atoms with van der Waals surface area (Å²) in [6, 6.07) is -0.00653. The van der Waals surface area contributed by atoms with Crippen LogP contribution in [0.2, 0.25) is 0 Å². The van der Waals surface area contributed by atoms with Crippen LogP contribution in [0.15, 0.2) is 0 Å². The second-order valence-corrected chi connectivity index (χ2v) is 5.72. The molecule has 0 radical (unpaired) electrons. The van der Waals surface area contributed by atoms with Crippen LogP contribution in [0.25, 0.3) is 0 Å². The predicted octanol–water partition coefficient (Wildman–Crippen LogP) is 0.0213. The Balaban J connectivity index is 2.81. The lowest BCUT2D eigenvalue weighted by Crippen LogP contribution is -2.49. The maximum Gasteiger partial charge on any atom is 0.280 e. The average Bonchev–Trinajstić information content (AvgIpc) is 2.66. The lowest BCUT2D eigenvalue weighted by molar-refractivity contribution is 0.348. The van der Waals surface area contributed by atoms with Crippen molar-refractivity contribution in [1.29, 1.82) is 5.41 Å². The largest absolute Gasteiger partial charge is 0.387 e. The second-order valence-electron chi connectivity index (χ2n) is 4.01. The molecule has 0 aliphatic heterocycles. The van der Waals surface area contributed by atoms with E-state index in [1.54, 1.807) is 6.92 Å². The summed E-state index contributed by atoms with van der Waals surface area (Å²) in [7, 11) is -3.49. The summed E-state index contributed by atoms with van der Waals surface area (Å²) in [5.41, 5.74) is 5.30. The molecular formula is C9H20N4O2S. The summed E-state index contributed by atoms with van der Waals surface area (Å²) in [6.07, 6.45) is 3.80. The van der Waals surface area contributed by atoms with Crippen molar-refractivity contribution >= 4 is 16.0 Å². The average molecular weight is 248 g/mol. The Morgan fingerprint density at radius 1 is 1.50 bits per heavy atom. The number of nitrogens with one attached hydrogen (secondary N) is 2. The van der Waals surface area contributed by atoms with Crippen LogP contribution in [0.1, 0.15) is 32.6 Å². The molecule has 0 atom stereocenters. The zero-order valence-electron chi connectivity index (χ0n) is 9.57. The Bertz CT molecular complexity index is 335. The normalized spacial score (nSPS) is 18.1. The minimum atomic E-state index is -3.49. The van der Waals surface area contributed by atoms with Gasteiger partial charge in [-0.2, -0.15) is 12.7 Å². The highest BCUT2D eigenvalue weighted by atomic mass is 32.2. The van der Waals surface area contributed by atoms with E-state index in [0.717, 1.165) is 25.7 Å². The number of hydrogen-bond donors (Lipinski definition) is 3. The molecule has 6 nitrogen and oxygen atoms in total. The summed E-state index contributed by atoms with van der Waals surface area (Å²) >= 11 is 0. The van der Waals surface area contributed by atoms with Crippen molar-refractivity contribution in [3.05, 3.63) is 0 Å². The Kier molecular flexibility index (Phi) is 4.69. The molecular weight excluding hydrogens is 228 g/mol. The molecule has 0 unspecified atom stereocenters. The van der Waals surface area contributed by atoms with E-state index in [1.165, 1.54) is 4.31 Å². The molecule has 0 bridgehead atoms. The first-order valence-electron chi connectivity index (χ1n) is 5.56. The van der Waals surface area contributed by atoms with Gasteiger partial charge in [0.25, 0.3) is 10.2 Å². The molecule has 0 spiro atoms. The fraction of sp³-hybridized carbons (Fsp3) is 0.889. The van der Waals surface area contributed by atoms with Crippen molar-refractivity contribution in [2.45, 2.75) is 38.6 Å². The molecule has 1 saturated carbocycles. The van der Waals surface area contributed by atoms with E-state index in [1.807, 2.05) is 0 Å². The molecule has 0 aromatic carbocycles. The topological polar surface area (TPSA) is 99.3 Å². The van der Waals surface area contributed by atoms with Gasteiger partial charge in [0.1, 0.15) is 5.84 Å². The Morgan fingerprint density at radius 3 is 2.50 bits per heavy atom. The zero-order valence-corrected chi connectivity index (χ0v) is 10.4. The summed E-state index contributed by atoms with van der Waals surface area (Å²) in [6.45, 7) is 2.07. The third-order valence-electron chi connectivity index (χ3n) is 2.69. The first-order chi connectivity index (χ1) is 7.47. The lowest BCUT2D eigenvalue weighted by Gasteiger charge is -2.27. The third-order valence-corrected chi connectivity index (χ3v) is 4.39. The van der Waals surface area contributed by atoms with Gasteiger partial charge in [-0.05, 0) is 12.8 Å². The highest BCUT2D eigenvalue weighted by Gasteiger charge is 2.31. The minimum absolute atomic E-state index is 0.00653. The van der Waals surface area contributed by atoms with Crippen LogP contribution in [-0.2, 0) is 10.2 Å². The van der Waals surface area contributed by atoms with E-state index in [-0.39, 0.29) is 18.4 Å². The highest BCUT2D eigenvalue weighted by Crippen LogP contribution is 2.24. The van der Waals surface area contributed by atoms with Crippen molar-refractivity contribution < 1.29 is 8.42 Å². The van der Waals surface area contributed by atoms with Crippen LogP contribution in [0.4, 0.5) is 0 Å². The number of rotatable bonds is 6. The van der Waals surface area contributed by atoms with Gasteiger partial charge < -0.3 is 5.73 Å². The monoisotopic (exact) mass is 248 g/mol. The van der Waals surface area contributed by atoms with Gasteiger partial charge in [0.15, 0.2) is 0 Å². The first-order valence-corrected chi connectivity index (χ1v) is 7.00. The smallest absolute Gasteiger partial charge is 0.280 e. The van der Waals surface area contributed by atoms with E-state index >= 15 is 0 Å². The van der Waals surface area contributed by atoms with E-state index in [2.05, 4.69) is 4.72 Å². The maximum absolute atomic E-state index is 11.9. The summed E-state index contributed by atoms with van der Waals surface area (Å²) < 4.78 is 27.6. The molecule has 7 heteroatoms. The minimum Gasteiger partial charge on any atom is -0.387 e. The molecule has 94 valence electrons.